The normalized spacial score (nSPS) is 10.8. The van der Waals surface area contributed by atoms with Crippen LogP contribution >= 0.6 is 15.9 Å². The van der Waals surface area contributed by atoms with E-state index in [4.69, 9.17) is 5.73 Å². The monoisotopic (exact) mass is 301 g/mol. The average Bonchev–Trinajstić information content (AvgIpc) is 2.72. The Balaban J connectivity index is 2.52. The minimum absolute atomic E-state index is 0.0965. The molecule has 0 aliphatic heterocycles. The molecule has 3 nitrogen and oxygen atoms in total. The van der Waals surface area contributed by atoms with E-state index in [1.54, 1.807) is 6.20 Å². The van der Waals surface area contributed by atoms with Gasteiger partial charge in [0.15, 0.2) is 0 Å². The quantitative estimate of drug-likeness (QED) is 0.885. The summed E-state index contributed by atoms with van der Waals surface area (Å²) in [4.78, 5) is 3.92. The SMILES string of the molecule is NCCc1cncn1-c1cc(F)c(Br)cc1F. The lowest BCUT2D eigenvalue weighted by molar-refractivity contribution is 0.585. The predicted molar refractivity (Wildman–Crippen MR) is 63.9 cm³/mol. The van der Waals surface area contributed by atoms with Gasteiger partial charge in [0.2, 0.25) is 0 Å². The Hall–Kier alpha value is -1.27. The van der Waals surface area contributed by atoms with Crippen molar-refractivity contribution in [1.82, 2.24) is 9.55 Å². The Morgan fingerprint density at radius 3 is 2.76 bits per heavy atom. The molecular formula is C11H10BrF2N3. The highest BCUT2D eigenvalue weighted by Crippen LogP contribution is 2.23. The maximum Gasteiger partial charge on any atom is 0.148 e. The lowest BCUT2D eigenvalue weighted by atomic mass is 10.2. The standard InChI is InChI=1S/C11H10BrF2N3/c12-8-3-10(14)11(4-9(8)13)17-6-16-5-7(17)1-2-15/h3-6H,1-2,15H2. The second-order valence-corrected chi connectivity index (χ2v) is 4.37. The number of aromatic nitrogens is 2. The predicted octanol–water partition coefficient (Wildman–Crippen LogP) is 2.41. The molecule has 0 aliphatic carbocycles. The first kappa shape index (κ1) is 12.2. The molecule has 0 radical (unpaired) electrons. The van der Waals surface area contributed by atoms with Crippen molar-refractivity contribution < 1.29 is 8.78 Å². The van der Waals surface area contributed by atoms with Gasteiger partial charge in [0.25, 0.3) is 0 Å². The number of nitrogens with two attached hydrogens (primary N) is 1. The summed E-state index contributed by atoms with van der Waals surface area (Å²) in [6, 6.07) is 2.22. The molecule has 0 atom stereocenters. The van der Waals surface area contributed by atoms with Crippen LogP contribution in [0.25, 0.3) is 5.69 Å². The van der Waals surface area contributed by atoms with Gasteiger partial charge in [-0.15, -0.1) is 0 Å². The molecular weight excluding hydrogens is 292 g/mol. The van der Waals surface area contributed by atoms with Crippen LogP contribution in [0, 0.1) is 11.6 Å². The number of hydrogen-bond donors (Lipinski definition) is 1. The minimum Gasteiger partial charge on any atom is -0.330 e. The molecule has 0 fully saturated rings. The molecule has 0 saturated carbocycles. The molecule has 1 aromatic carbocycles. The number of halogens is 3. The number of hydrogen-bond acceptors (Lipinski definition) is 2. The fourth-order valence-electron chi connectivity index (χ4n) is 1.57. The van der Waals surface area contributed by atoms with Gasteiger partial charge in [-0.3, -0.25) is 0 Å². The molecule has 2 N–H and O–H groups in total. The van der Waals surface area contributed by atoms with E-state index in [2.05, 4.69) is 20.9 Å². The van der Waals surface area contributed by atoms with Crippen LogP contribution in [0.5, 0.6) is 0 Å². The van der Waals surface area contributed by atoms with Crippen LogP contribution in [0.15, 0.2) is 29.1 Å². The van der Waals surface area contributed by atoms with Gasteiger partial charge in [-0.05, 0) is 28.5 Å². The maximum atomic E-state index is 13.7. The van der Waals surface area contributed by atoms with E-state index in [1.807, 2.05) is 0 Å². The van der Waals surface area contributed by atoms with Crippen LogP contribution in [-0.4, -0.2) is 16.1 Å². The summed E-state index contributed by atoms with van der Waals surface area (Å²) in [5.74, 6) is -1.04. The zero-order valence-corrected chi connectivity index (χ0v) is 10.4. The molecule has 17 heavy (non-hydrogen) atoms. The zero-order valence-electron chi connectivity index (χ0n) is 8.83. The number of rotatable bonds is 3. The minimum atomic E-state index is -0.520. The van der Waals surface area contributed by atoms with E-state index in [1.165, 1.54) is 10.9 Å². The third kappa shape index (κ3) is 2.37. The molecule has 2 rings (SSSR count). The van der Waals surface area contributed by atoms with Gasteiger partial charge in [0.05, 0.1) is 16.5 Å². The molecule has 0 amide bonds. The Morgan fingerprint density at radius 1 is 1.29 bits per heavy atom. The number of nitrogens with zero attached hydrogens (tertiary/aromatic N) is 2. The smallest absolute Gasteiger partial charge is 0.148 e. The summed E-state index contributed by atoms with van der Waals surface area (Å²) in [6.07, 6.45) is 3.58. The highest BCUT2D eigenvalue weighted by molar-refractivity contribution is 9.10. The van der Waals surface area contributed by atoms with Crippen LogP contribution in [0.3, 0.4) is 0 Å². The average molecular weight is 302 g/mol. The van der Waals surface area contributed by atoms with Gasteiger partial charge < -0.3 is 10.3 Å². The van der Waals surface area contributed by atoms with Crippen molar-refractivity contribution >= 4 is 15.9 Å². The Bertz CT molecular complexity index is 540. The molecule has 2 aromatic rings. The number of benzene rings is 1. The van der Waals surface area contributed by atoms with E-state index >= 15 is 0 Å². The first-order chi connectivity index (χ1) is 8.13. The van der Waals surface area contributed by atoms with Gasteiger partial charge in [-0.2, -0.15) is 0 Å². The van der Waals surface area contributed by atoms with Crippen molar-refractivity contribution in [2.24, 2.45) is 5.73 Å². The number of imidazole rings is 1. The van der Waals surface area contributed by atoms with Crippen LogP contribution in [0.1, 0.15) is 5.69 Å². The van der Waals surface area contributed by atoms with Crippen molar-refractivity contribution in [1.29, 1.82) is 0 Å². The van der Waals surface area contributed by atoms with Crippen molar-refractivity contribution in [2.45, 2.75) is 6.42 Å². The molecule has 1 heterocycles. The third-order valence-corrected chi connectivity index (χ3v) is 2.97. The summed E-state index contributed by atoms with van der Waals surface area (Å²) < 4.78 is 28.7. The third-order valence-electron chi connectivity index (χ3n) is 2.36. The summed E-state index contributed by atoms with van der Waals surface area (Å²) in [5, 5.41) is 0. The first-order valence-electron chi connectivity index (χ1n) is 4.99. The molecule has 0 spiro atoms. The van der Waals surface area contributed by atoms with Crippen LogP contribution < -0.4 is 5.73 Å². The van der Waals surface area contributed by atoms with E-state index < -0.39 is 11.6 Å². The van der Waals surface area contributed by atoms with Crippen molar-refractivity contribution in [3.8, 4) is 5.69 Å². The molecule has 0 aliphatic rings. The van der Waals surface area contributed by atoms with Crippen molar-refractivity contribution in [3.05, 3.63) is 46.5 Å². The van der Waals surface area contributed by atoms with Crippen molar-refractivity contribution in [2.75, 3.05) is 6.54 Å². The van der Waals surface area contributed by atoms with Crippen LogP contribution in [0.2, 0.25) is 0 Å². The van der Waals surface area contributed by atoms with Gasteiger partial charge in [0.1, 0.15) is 11.6 Å². The maximum absolute atomic E-state index is 13.7. The highest BCUT2D eigenvalue weighted by Gasteiger charge is 2.12. The summed E-state index contributed by atoms with van der Waals surface area (Å²) in [6.45, 7) is 0.423. The second kappa shape index (κ2) is 4.93. The highest BCUT2D eigenvalue weighted by atomic mass is 79.9. The van der Waals surface area contributed by atoms with Gasteiger partial charge in [-0.25, -0.2) is 13.8 Å². The van der Waals surface area contributed by atoms with E-state index in [9.17, 15) is 8.78 Å². The molecule has 6 heteroatoms. The van der Waals surface area contributed by atoms with Gasteiger partial charge in [-0.1, -0.05) is 0 Å². The van der Waals surface area contributed by atoms with E-state index in [0.29, 0.717) is 13.0 Å². The molecule has 1 aromatic heterocycles. The fourth-order valence-corrected chi connectivity index (χ4v) is 1.88. The van der Waals surface area contributed by atoms with Crippen LogP contribution in [-0.2, 0) is 6.42 Å². The zero-order chi connectivity index (χ0) is 12.4. The topological polar surface area (TPSA) is 43.8 Å². The molecule has 90 valence electrons. The largest absolute Gasteiger partial charge is 0.330 e. The fraction of sp³-hybridized carbons (Fsp3) is 0.182. The lowest BCUT2D eigenvalue weighted by Gasteiger charge is -2.09. The molecule has 0 saturated heterocycles. The van der Waals surface area contributed by atoms with Gasteiger partial charge in [0, 0.05) is 24.4 Å². The Labute approximate surface area is 105 Å². The second-order valence-electron chi connectivity index (χ2n) is 3.51. The lowest BCUT2D eigenvalue weighted by Crippen LogP contribution is -2.08. The Kier molecular flexibility index (Phi) is 3.54. The van der Waals surface area contributed by atoms with E-state index in [-0.39, 0.29) is 10.2 Å². The first-order valence-corrected chi connectivity index (χ1v) is 5.79. The van der Waals surface area contributed by atoms with Crippen LogP contribution in [0.4, 0.5) is 8.78 Å². The Morgan fingerprint density at radius 2 is 2.06 bits per heavy atom. The van der Waals surface area contributed by atoms with Gasteiger partial charge >= 0.3 is 0 Å². The van der Waals surface area contributed by atoms with E-state index in [0.717, 1.165) is 17.8 Å². The summed E-state index contributed by atoms with van der Waals surface area (Å²) in [7, 11) is 0. The molecule has 0 bridgehead atoms. The summed E-state index contributed by atoms with van der Waals surface area (Å²) >= 11 is 2.93. The van der Waals surface area contributed by atoms with Crippen molar-refractivity contribution in [3.63, 3.8) is 0 Å². The summed E-state index contributed by atoms with van der Waals surface area (Å²) in [5.41, 5.74) is 6.32. The molecule has 0 unspecified atom stereocenters.